The van der Waals surface area contributed by atoms with Gasteiger partial charge in [0.05, 0.1) is 0 Å². The molecule has 0 bridgehead atoms. The molecule has 0 aromatic rings. The summed E-state index contributed by atoms with van der Waals surface area (Å²) in [7, 11) is 0. The summed E-state index contributed by atoms with van der Waals surface area (Å²) >= 11 is 0. The maximum Gasteiger partial charge on any atom is 0 e. The molecule has 0 atom stereocenters. The first kappa shape index (κ1) is 26.6. The van der Waals surface area contributed by atoms with Gasteiger partial charge < -0.3 is 0 Å². The molecule has 0 saturated carbocycles. The van der Waals surface area contributed by atoms with Crippen molar-refractivity contribution in [3.05, 3.63) is 0 Å². The predicted octanol–water partition coefficient (Wildman–Crippen LogP) is 0.0578. The SMILES string of the molecule is N#N.N#N.[Fe]. The van der Waals surface area contributed by atoms with E-state index < -0.39 is 0 Å². The van der Waals surface area contributed by atoms with Crippen molar-refractivity contribution in [2.24, 2.45) is 0 Å². The Bertz CT molecular complexity index is 19.1. The van der Waals surface area contributed by atoms with Crippen molar-refractivity contribution in [1.29, 1.82) is 21.6 Å². The van der Waals surface area contributed by atoms with Gasteiger partial charge in [0, 0.05) is 38.6 Å². The van der Waals surface area contributed by atoms with Crippen LogP contribution in [0.3, 0.4) is 0 Å². The standard InChI is InChI=1S/Fe.2N2/c;2*1-2. The minimum Gasteiger partial charge on any atom is 0 e. The minimum atomic E-state index is 0. The van der Waals surface area contributed by atoms with Crippen LogP contribution >= 0.6 is 0 Å². The Morgan fingerprint density at radius 3 is 0.600 bits per heavy atom. The molecule has 5 heavy (non-hydrogen) atoms. The fraction of sp³-hybridized carbons (Fsp3) is 0. The number of hydrogen-bond acceptors (Lipinski definition) is 4. The van der Waals surface area contributed by atoms with Gasteiger partial charge in [0.25, 0.3) is 0 Å². The molecule has 0 aliphatic rings. The average Bonchev–Trinajstić information content (AvgIpc) is 1.50. The van der Waals surface area contributed by atoms with Crippen LogP contribution in [-0.4, -0.2) is 0 Å². The van der Waals surface area contributed by atoms with Crippen molar-refractivity contribution in [3.63, 3.8) is 0 Å². The third-order valence-electron chi connectivity index (χ3n) is 0. The first-order valence-electron chi connectivity index (χ1n) is 0.400. The predicted molar refractivity (Wildman–Crippen MR) is 6.90 cm³/mol. The smallest absolute Gasteiger partial charge is 0 e. The van der Waals surface area contributed by atoms with Crippen LogP contribution in [0, 0.1) is 21.6 Å². The third-order valence-corrected chi connectivity index (χ3v) is 0. The zero-order chi connectivity index (χ0) is 4.00. The molecule has 0 N–H and O–H groups in total. The summed E-state index contributed by atoms with van der Waals surface area (Å²) in [6.45, 7) is 0. The molecule has 0 radical (unpaired) electrons. The van der Waals surface area contributed by atoms with E-state index in [1.54, 1.807) is 0 Å². The van der Waals surface area contributed by atoms with Crippen molar-refractivity contribution in [1.82, 2.24) is 0 Å². The van der Waals surface area contributed by atoms with Gasteiger partial charge in [-0.2, -0.15) is 0 Å². The van der Waals surface area contributed by atoms with E-state index in [0.717, 1.165) is 0 Å². The van der Waals surface area contributed by atoms with Crippen LogP contribution in [-0.2, 0) is 17.1 Å². The summed E-state index contributed by atoms with van der Waals surface area (Å²) in [6, 6.07) is 0. The first-order valence-corrected chi connectivity index (χ1v) is 0.400. The second-order valence-corrected chi connectivity index (χ2v) is 0. The average molecular weight is 112 g/mol. The molecule has 5 heteroatoms. The Balaban J connectivity index is -0.0000000133. The minimum absolute atomic E-state index is 0. The molecule has 0 heterocycles. The second kappa shape index (κ2) is 45.6. The van der Waals surface area contributed by atoms with Crippen LogP contribution in [0.25, 0.3) is 0 Å². The summed E-state index contributed by atoms with van der Waals surface area (Å²) in [4.78, 5) is 0. The van der Waals surface area contributed by atoms with Gasteiger partial charge in [0.2, 0.25) is 0 Å². The molecule has 4 nitrogen and oxygen atoms in total. The number of rotatable bonds is 0. The number of hydrogen-bond donors (Lipinski definition) is 0. The van der Waals surface area contributed by atoms with Crippen molar-refractivity contribution < 1.29 is 17.1 Å². The molecule has 0 amide bonds. The largest absolute Gasteiger partial charge is 0 e. The van der Waals surface area contributed by atoms with E-state index in [4.69, 9.17) is 21.6 Å². The van der Waals surface area contributed by atoms with Gasteiger partial charge in [0.15, 0.2) is 0 Å². The van der Waals surface area contributed by atoms with Gasteiger partial charge in [-0.3, -0.25) is 0 Å². The van der Waals surface area contributed by atoms with Crippen LogP contribution in [0.1, 0.15) is 0 Å². The van der Waals surface area contributed by atoms with Gasteiger partial charge in [-0.1, -0.05) is 0 Å². The maximum absolute atomic E-state index is 6.00. The van der Waals surface area contributed by atoms with E-state index in [1.807, 2.05) is 0 Å². The molecule has 0 aliphatic carbocycles. The Hall–Kier alpha value is -0.641. The monoisotopic (exact) mass is 112 g/mol. The molecular formula is FeN4. The van der Waals surface area contributed by atoms with Gasteiger partial charge in [0.1, 0.15) is 0 Å². The van der Waals surface area contributed by atoms with E-state index in [1.165, 1.54) is 0 Å². The molecule has 0 aromatic heterocycles. The molecule has 0 aliphatic heterocycles. The molecule has 0 rings (SSSR count). The van der Waals surface area contributed by atoms with Gasteiger partial charge in [-0.05, 0) is 0 Å². The molecule has 0 fully saturated rings. The zero-order valence-electron chi connectivity index (χ0n) is 2.14. The molecular weight excluding hydrogens is 112 g/mol. The Labute approximate surface area is 39.5 Å². The van der Waals surface area contributed by atoms with Crippen molar-refractivity contribution in [3.8, 4) is 0 Å². The van der Waals surface area contributed by atoms with Gasteiger partial charge >= 0.3 is 0 Å². The molecule has 0 unspecified atom stereocenters. The van der Waals surface area contributed by atoms with Crippen LogP contribution in [0.2, 0.25) is 0 Å². The van der Waals surface area contributed by atoms with Crippen molar-refractivity contribution in [2.75, 3.05) is 0 Å². The quantitative estimate of drug-likeness (QED) is 0.326. The van der Waals surface area contributed by atoms with Crippen LogP contribution in [0.5, 0.6) is 0 Å². The Morgan fingerprint density at radius 2 is 0.600 bits per heavy atom. The Morgan fingerprint density at radius 1 is 0.600 bits per heavy atom. The van der Waals surface area contributed by atoms with Gasteiger partial charge in [-0.25, -0.2) is 0 Å². The fourth-order valence-corrected chi connectivity index (χ4v) is 0. The van der Waals surface area contributed by atoms with Crippen LogP contribution in [0.4, 0.5) is 0 Å². The van der Waals surface area contributed by atoms with Crippen molar-refractivity contribution in [2.45, 2.75) is 0 Å². The third kappa shape index (κ3) is 15.1. The Kier molecular flexibility index (Phi) is 243. The zero-order valence-corrected chi connectivity index (χ0v) is 3.25. The van der Waals surface area contributed by atoms with E-state index in [0.29, 0.717) is 0 Å². The first-order chi connectivity index (χ1) is 2.00. The van der Waals surface area contributed by atoms with E-state index >= 15 is 0 Å². The topological polar surface area (TPSA) is 95.2 Å². The normalized spacial score (nSPS) is 0.800. The number of nitrogens with zero attached hydrogens (tertiary/aromatic N) is 4. The molecule has 28 valence electrons. The summed E-state index contributed by atoms with van der Waals surface area (Å²) in [5.41, 5.74) is 0. The van der Waals surface area contributed by atoms with E-state index in [9.17, 15) is 0 Å². The second-order valence-electron chi connectivity index (χ2n) is 0. The summed E-state index contributed by atoms with van der Waals surface area (Å²) in [5.74, 6) is 0. The molecule has 0 saturated heterocycles. The maximum atomic E-state index is 6.00. The van der Waals surface area contributed by atoms with E-state index in [2.05, 4.69) is 0 Å². The fourth-order valence-electron chi connectivity index (χ4n) is 0. The summed E-state index contributed by atoms with van der Waals surface area (Å²) < 4.78 is 0. The molecule has 0 aromatic carbocycles. The van der Waals surface area contributed by atoms with Crippen molar-refractivity contribution >= 4 is 0 Å². The summed E-state index contributed by atoms with van der Waals surface area (Å²) in [6.07, 6.45) is 0. The van der Waals surface area contributed by atoms with Gasteiger partial charge in [-0.15, -0.1) is 0 Å². The summed E-state index contributed by atoms with van der Waals surface area (Å²) in [5, 5.41) is 24.0. The van der Waals surface area contributed by atoms with Crippen LogP contribution < -0.4 is 0 Å². The van der Waals surface area contributed by atoms with Crippen LogP contribution in [0.15, 0.2) is 0 Å². The molecule has 0 spiro atoms. The van der Waals surface area contributed by atoms with E-state index in [-0.39, 0.29) is 17.1 Å².